The third kappa shape index (κ3) is 2.32. The number of aromatic nitrogens is 1. The molecular formula is C12H12N2O4. The molecular weight excluding hydrogens is 236 g/mol. The van der Waals surface area contributed by atoms with Gasteiger partial charge in [0.25, 0.3) is 0 Å². The molecule has 0 saturated carbocycles. The Morgan fingerprint density at radius 3 is 2.72 bits per heavy atom. The van der Waals surface area contributed by atoms with Gasteiger partial charge in [0.2, 0.25) is 5.91 Å². The van der Waals surface area contributed by atoms with Crippen LogP contribution in [0.25, 0.3) is 10.9 Å². The first kappa shape index (κ1) is 12.1. The van der Waals surface area contributed by atoms with E-state index in [4.69, 9.17) is 0 Å². The third-order valence-electron chi connectivity index (χ3n) is 2.45. The fraction of sp³-hybridized carbons (Fsp3) is 0.250. The van der Waals surface area contributed by atoms with E-state index < -0.39 is 11.4 Å². The number of carbonyl (C=O) groups is 1. The van der Waals surface area contributed by atoms with E-state index in [0.717, 1.165) is 0 Å². The first-order valence-electron chi connectivity index (χ1n) is 5.45. The minimum atomic E-state index is -0.820. The molecule has 1 aromatic heterocycles. The van der Waals surface area contributed by atoms with Gasteiger partial charge in [-0.1, -0.05) is 13.8 Å². The van der Waals surface area contributed by atoms with Crippen molar-refractivity contribution in [1.29, 1.82) is 0 Å². The molecule has 0 unspecified atom stereocenters. The van der Waals surface area contributed by atoms with Crippen LogP contribution in [0.3, 0.4) is 0 Å². The number of aromatic amines is 1. The van der Waals surface area contributed by atoms with Crippen LogP contribution >= 0.6 is 0 Å². The van der Waals surface area contributed by atoms with Crippen LogP contribution in [0.4, 0.5) is 5.69 Å². The average Bonchev–Trinajstić information content (AvgIpc) is 2.27. The Morgan fingerprint density at radius 1 is 1.33 bits per heavy atom. The molecule has 6 nitrogen and oxygen atoms in total. The van der Waals surface area contributed by atoms with Crippen molar-refractivity contribution in [3.63, 3.8) is 0 Å². The smallest absolute Gasteiger partial charge is 0.372 e. The van der Waals surface area contributed by atoms with Crippen molar-refractivity contribution < 1.29 is 9.21 Å². The van der Waals surface area contributed by atoms with Crippen LogP contribution in [-0.2, 0) is 4.79 Å². The number of hydrogen-bond acceptors (Lipinski definition) is 4. The molecule has 2 aromatic rings. The quantitative estimate of drug-likeness (QED) is 0.831. The summed E-state index contributed by atoms with van der Waals surface area (Å²) >= 11 is 0. The zero-order valence-electron chi connectivity index (χ0n) is 9.94. The maximum absolute atomic E-state index is 11.5. The van der Waals surface area contributed by atoms with Crippen molar-refractivity contribution in [1.82, 2.24) is 4.98 Å². The molecule has 1 aromatic carbocycles. The Bertz CT molecular complexity index is 712. The summed E-state index contributed by atoms with van der Waals surface area (Å²) in [5.74, 6) is -1.11. The SMILES string of the molecule is CC(C)C(=O)Nc1ccc2c(=O)oc(=O)[nH]c2c1. The highest BCUT2D eigenvalue weighted by Crippen LogP contribution is 2.14. The Hall–Kier alpha value is -2.37. The number of rotatable bonds is 2. The maximum Gasteiger partial charge on any atom is 0.419 e. The number of fused-ring (bicyclic) bond motifs is 1. The lowest BCUT2D eigenvalue weighted by Gasteiger charge is -2.07. The predicted octanol–water partition coefficient (Wildman–Crippen LogP) is 1.08. The molecule has 0 radical (unpaired) electrons. The molecule has 0 fully saturated rings. The topological polar surface area (TPSA) is 92.2 Å². The second kappa shape index (κ2) is 4.48. The second-order valence-corrected chi connectivity index (χ2v) is 4.21. The highest BCUT2D eigenvalue weighted by molar-refractivity contribution is 5.94. The molecule has 0 aliphatic rings. The molecule has 94 valence electrons. The molecule has 2 rings (SSSR count). The van der Waals surface area contributed by atoms with Gasteiger partial charge in [-0.15, -0.1) is 0 Å². The molecule has 18 heavy (non-hydrogen) atoms. The van der Waals surface area contributed by atoms with Crippen molar-refractivity contribution in [3.05, 3.63) is 39.2 Å². The molecule has 0 bridgehead atoms. The summed E-state index contributed by atoms with van der Waals surface area (Å²) in [5.41, 5.74) is 0.149. The first-order chi connectivity index (χ1) is 8.47. The average molecular weight is 248 g/mol. The van der Waals surface area contributed by atoms with Crippen molar-refractivity contribution in [2.45, 2.75) is 13.8 Å². The zero-order chi connectivity index (χ0) is 13.3. The van der Waals surface area contributed by atoms with Gasteiger partial charge in [0.05, 0.1) is 10.9 Å². The van der Waals surface area contributed by atoms with Gasteiger partial charge in [-0.3, -0.25) is 9.78 Å². The lowest BCUT2D eigenvalue weighted by molar-refractivity contribution is -0.118. The summed E-state index contributed by atoms with van der Waals surface area (Å²) < 4.78 is 4.40. The fourth-order valence-electron chi connectivity index (χ4n) is 1.46. The van der Waals surface area contributed by atoms with Crippen molar-refractivity contribution in [2.24, 2.45) is 5.92 Å². The van der Waals surface area contributed by atoms with Gasteiger partial charge in [0.15, 0.2) is 0 Å². The molecule has 1 amide bonds. The number of carbonyl (C=O) groups excluding carboxylic acids is 1. The molecule has 0 spiro atoms. The normalized spacial score (nSPS) is 10.8. The minimum Gasteiger partial charge on any atom is -0.372 e. The van der Waals surface area contributed by atoms with Gasteiger partial charge in [-0.25, -0.2) is 9.59 Å². The molecule has 1 heterocycles. The van der Waals surface area contributed by atoms with E-state index in [9.17, 15) is 14.4 Å². The van der Waals surface area contributed by atoms with Crippen molar-refractivity contribution in [3.8, 4) is 0 Å². The van der Waals surface area contributed by atoms with Crippen molar-refractivity contribution >= 4 is 22.5 Å². The van der Waals surface area contributed by atoms with Gasteiger partial charge in [0.1, 0.15) is 0 Å². The maximum atomic E-state index is 11.5. The highest BCUT2D eigenvalue weighted by Gasteiger charge is 2.08. The van der Waals surface area contributed by atoms with Crippen LogP contribution in [0.5, 0.6) is 0 Å². The summed E-state index contributed by atoms with van der Waals surface area (Å²) in [6, 6.07) is 4.60. The number of anilines is 1. The Kier molecular flexibility index (Phi) is 3.01. The van der Waals surface area contributed by atoms with Crippen LogP contribution in [0, 0.1) is 5.92 Å². The summed E-state index contributed by atoms with van der Waals surface area (Å²) in [6.07, 6.45) is 0. The highest BCUT2D eigenvalue weighted by atomic mass is 16.4. The van der Waals surface area contributed by atoms with E-state index >= 15 is 0 Å². The summed E-state index contributed by atoms with van der Waals surface area (Å²) in [6.45, 7) is 3.54. The largest absolute Gasteiger partial charge is 0.419 e. The second-order valence-electron chi connectivity index (χ2n) is 4.21. The van der Waals surface area contributed by atoms with E-state index in [-0.39, 0.29) is 17.2 Å². The number of H-pyrrole nitrogens is 1. The van der Waals surface area contributed by atoms with Gasteiger partial charge < -0.3 is 9.73 Å². The van der Waals surface area contributed by atoms with Gasteiger partial charge in [0, 0.05) is 11.6 Å². The monoisotopic (exact) mass is 248 g/mol. The Balaban J connectivity index is 2.48. The Morgan fingerprint density at radius 2 is 2.06 bits per heavy atom. The standard InChI is InChI=1S/C12H12N2O4/c1-6(2)10(15)13-7-3-4-8-9(5-7)14-12(17)18-11(8)16/h3-6H,1-2H3,(H,13,15)(H,14,17). The number of nitrogens with one attached hydrogen (secondary N) is 2. The van der Waals surface area contributed by atoms with Gasteiger partial charge in [-0.2, -0.15) is 0 Å². The molecule has 0 aliphatic heterocycles. The van der Waals surface area contributed by atoms with E-state index in [2.05, 4.69) is 14.7 Å². The van der Waals surface area contributed by atoms with E-state index in [1.807, 2.05) is 0 Å². The van der Waals surface area contributed by atoms with Crippen LogP contribution in [-0.4, -0.2) is 10.9 Å². The van der Waals surface area contributed by atoms with E-state index in [1.165, 1.54) is 12.1 Å². The number of benzene rings is 1. The van der Waals surface area contributed by atoms with Crippen LogP contribution in [0.15, 0.2) is 32.2 Å². The summed E-state index contributed by atoms with van der Waals surface area (Å²) in [4.78, 5) is 36.3. The van der Waals surface area contributed by atoms with Crippen LogP contribution in [0.2, 0.25) is 0 Å². The lowest BCUT2D eigenvalue weighted by atomic mass is 10.2. The number of amides is 1. The molecule has 6 heteroatoms. The zero-order valence-corrected chi connectivity index (χ0v) is 9.94. The molecule has 0 aliphatic carbocycles. The minimum absolute atomic E-state index is 0.139. The van der Waals surface area contributed by atoms with Gasteiger partial charge in [-0.05, 0) is 18.2 Å². The Labute approximate surface area is 102 Å². The third-order valence-corrected chi connectivity index (χ3v) is 2.45. The van der Waals surface area contributed by atoms with Crippen molar-refractivity contribution in [2.75, 3.05) is 5.32 Å². The summed E-state index contributed by atoms with van der Waals surface area (Å²) in [7, 11) is 0. The summed E-state index contributed by atoms with van der Waals surface area (Å²) in [5, 5.41) is 2.94. The number of hydrogen-bond donors (Lipinski definition) is 2. The van der Waals surface area contributed by atoms with Gasteiger partial charge >= 0.3 is 11.4 Å². The van der Waals surface area contributed by atoms with Crippen LogP contribution < -0.4 is 16.7 Å². The van der Waals surface area contributed by atoms with E-state index in [0.29, 0.717) is 11.2 Å². The molecule has 2 N–H and O–H groups in total. The fourth-order valence-corrected chi connectivity index (χ4v) is 1.46. The predicted molar refractivity (Wildman–Crippen MR) is 66.6 cm³/mol. The first-order valence-corrected chi connectivity index (χ1v) is 5.45. The molecule has 0 saturated heterocycles. The van der Waals surface area contributed by atoms with Crippen LogP contribution in [0.1, 0.15) is 13.8 Å². The lowest BCUT2D eigenvalue weighted by Crippen LogP contribution is -2.18. The van der Waals surface area contributed by atoms with E-state index in [1.54, 1.807) is 19.9 Å². The molecule has 0 atom stereocenters.